The number of morpholine rings is 1. The number of nitrogens with one attached hydrogen (secondary N) is 2. The first-order valence-corrected chi connectivity index (χ1v) is 15.1. The van der Waals surface area contributed by atoms with Gasteiger partial charge in [0.25, 0.3) is 11.5 Å². The molecule has 0 radical (unpaired) electrons. The maximum Gasteiger partial charge on any atom is 0.411 e. The zero-order valence-corrected chi connectivity index (χ0v) is 25.5. The third kappa shape index (κ3) is 6.22. The van der Waals surface area contributed by atoms with Crippen LogP contribution in [0.25, 0.3) is 22.0 Å². The number of hydrogen-bond donors (Lipinski definition) is 3. The lowest BCUT2D eigenvalue weighted by atomic mass is 9.94. The lowest BCUT2D eigenvalue weighted by Gasteiger charge is -2.38. The Morgan fingerprint density at radius 3 is 2.60 bits per heavy atom. The third-order valence-corrected chi connectivity index (χ3v) is 8.75. The van der Waals surface area contributed by atoms with Crippen molar-refractivity contribution in [1.82, 2.24) is 20.2 Å². The molecule has 2 aliphatic heterocycles. The molecule has 48 heavy (non-hydrogen) atoms. The monoisotopic (exact) mass is 671 g/mol. The molecule has 3 N–H and O–H groups in total. The number of carbonyl (C=O) groups excluding carboxylic acids is 1. The number of carboxylic acid groups (broad SMARTS) is 1. The fourth-order valence-corrected chi connectivity index (χ4v) is 6.35. The van der Waals surface area contributed by atoms with Crippen molar-refractivity contribution in [2.24, 2.45) is 7.05 Å². The standard InChI is InChI=1S/C33H30F5N5O5/c1-42-26-6-8-39-15-18(26)11-22(31(42)45)21-5-4-17(20-3-2-7-40-29(20)21)12-25(32(46)47)41-30(44)28-23(34)13-19(14-24(28)35)43-9-10-48-16-27(43)33(36,37)38/h2-5,7,11,13-14,25,27,39H,6,8-10,12,15-16H2,1H3,(H,41,44)(H,46,47)/t25-,27+/m0/s1. The third-order valence-electron chi connectivity index (χ3n) is 8.75. The van der Waals surface area contributed by atoms with Gasteiger partial charge >= 0.3 is 12.1 Å². The summed E-state index contributed by atoms with van der Waals surface area (Å²) in [6.45, 7) is 0.203. The van der Waals surface area contributed by atoms with Gasteiger partial charge in [-0.15, -0.1) is 0 Å². The number of ether oxygens (including phenoxy) is 1. The average molecular weight is 672 g/mol. The summed E-state index contributed by atoms with van der Waals surface area (Å²) in [5, 5.41) is 15.9. The van der Waals surface area contributed by atoms with Crippen LogP contribution in [0.1, 0.15) is 27.2 Å². The molecule has 2 aliphatic rings. The van der Waals surface area contributed by atoms with Gasteiger partial charge in [0, 0.05) is 73.6 Å². The van der Waals surface area contributed by atoms with E-state index >= 15 is 8.78 Å². The van der Waals surface area contributed by atoms with Crippen LogP contribution in [-0.2, 0) is 36.0 Å². The molecule has 2 aromatic heterocycles. The number of hydrogen-bond acceptors (Lipinski definition) is 7. The number of alkyl halides is 3. The molecule has 0 aliphatic carbocycles. The maximum absolute atomic E-state index is 15.2. The number of nitrogens with zero attached hydrogens (tertiary/aromatic N) is 3. The van der Waals surface area contributed by atoms with E-state index in [0.717, 1.165) is 22.7 Å². The van der Waals surface area contributed by atoms with E-state index in [4.69, 9.17) is 4.74 Å². The molecule has 10 nitrogen and oxygen atoms in total. The molecule has 0 unspecified atom stereocenters. The SMILES string of the molecule is Cn1c2c(cc(-c3ccc(C[C@H](NC(=O)c4c(F)cc(N5CCOC[C@@H]5C(F)(F)F)cc4F)C(=O)O)c4cccnc34)c1=O)CNCC2. The molecule has 1 fully saturated rings. The number of amides is 1. The van der Waals surface area contributed by atoms with E-state index in [-0.39, 0.29) is 25.1 Å². The fourth-order valence-electron chi connectivity index (χ4n) is 6.35. The molecule has 15 heteroatoms. The fraction of sp³-hybridized carbons (Fsp3) is 0.333. The number of aromatic nitrogens is 2. The van der Waals surface area contributed by atoms with Gasteiger partial charge in [-0.05, 0) is 35.4 Å². The Hall–Kier alpha value is -4.89. The summed E-state index contributed by atoms with van der Waals surface area (Å²) >= 11 is 0. The lowest BCUT2D eigenvalue weighted by molar-refractivity contribution is -0.167. The van der Waals surface area contributed by atoms with Crippen molar-refractivity contribution in [3.8, 4) is 11.1 Å². The minimum absolute atomic E-state index is 0.106. The molecule has 1 amide bonds. The predicted octanol–water partition coefficient (Wildman–Crippen LogP) is 3.72. The first-order valence-electron chi connectivity index (χ1n) is 15.1. The minimum Gasteiger partial charge on any atom is -0.480 e. The number of halogens is 5. The molecule has 1 saturated heterocycles. The van der Waals surface area contributed by atoms with Gasteiger partial charge in [-0.1, -0.05) is 18.2 Å². The van der Waals surface area contributed by atoms with E-state index in [9.17, 15) is 32.7 Å². The lowest BCUT2D eigenvalue weighted by Crippen LogP contribution is -2.53. The number of benzene rings is 2. The largest absolute Gasteiger partial charge is 0.480 e. The van der Waals surface area contributed by atoms with Gasteiger partial charge in [0.2, 0.25) is 0 Å². The number of rotatable bonds is 7. The quantitative estimate of drug-likeness (QED) is 0.254. The van der Waals surface area contributed by atoms with Crippen molar-refractivity contribution in [3.63, 3.8) is 0 Å². The Bertz CT molecular complexity index is 1960. The number of carbonyl (C=O) groups is 2. The highest BCUT2D eigenvalue weighted by atomic mass is 19.4. The zero-order valence-electron chi connectivity index (χ0n) is 25.5. The first kappa shape index (κ1) is 33.0. The van der Waals surface area contributed by atoms with Crippen LogP contribution in [0.15, 0.2) is 53.5 Å². The predicted molar refractivity (Wildman–Crippen MR) is 165 cm³/mol. The second-order valence-electron chi connectivity index (χ2n) is 11.7. The van der Waals surface area contributed by atoms with Crippen LogP contribution in [0, 0.1) is 11.6 Å². The van der Waals surface area contributed by atoms with E-state index in [2.05, 4.69) is 15.6 Å². The molecule has 4 heterocycles. The summed E-state index contributed by atoms with van der Waals surface area (Å²) in [5.74, 6) is -5.82. The average Bonchev–Trinajstić information content (AvgIpc) is 3.05. The van der Waals surface area contributed by atoms with E-state index in [0.29, 0.717) is 52.7 Å². The highest BCUT2D eigenvalue weighted by Crippen LogP contribution is 2.33. The molecule has 4 aromatic rings. The zero-order chi connectivity index (χ0) is 34.3. The summed E-state index contributed by atoms with van der Waals surface area (Å²) in [6, 6.07) is 5.78. The molecular weight excluding hydrogens is 641 g/mol. The molecule has 2 atom stereocenters. The van der Waals surface area contributed by atoms with Crippen LogP contribution < -0.4 is 21.1 Å². The Morgan fingerprint density at radius 2 is 1.90 bits per heavy atom. The van der Waals surface area contributed by atoms with Gasteiger partial charge in [-0.3, -0.25) is 14.6 Å². The van der Waals surface area contributed by atoms with Crippen molar-refractivity contribution in [2.45, 2.75) is 37.6 Å². The van der Waals surface area contributed by atoms with Gasteiger partial charge in [-0.2, -0.15) is 13.2 Å². The smallest absolute Gasteiger partial charge is 0.411 e. The van der Waals surface area contributed by atoms with Gasteiger partial charge < -0.3 is 29.9 Å². The number of anilines is 1. The molecule has 0 saturated carbocycles. The topological polar surface area (TPSA) is 126 Å². The molecule has 0 bridgehead atoms. The second-order valence-corrected chi connectivity index (χ2v) is 11.7. The minimum atomic E-state index is -4.75. The van der Waals surface area contributed by atoms with Crippen molar-refractivity contribution < 1.29 is 41.4 Å². The Kier molecular flexibility index (Phi) is 8.92. The number of pyridine rings is 2. The van der Waals surface area contributed by atoms with E-state index in [1.807, 2.05) is 6.07 Å². The highest BCUT2D eigenvalue weighted by Gasteiger charge is 2.46. The Morgan fingerprint density at radius 1 is 1.15 bits per heavy atom. The van der Waals surface area contributed by atoms with Crippen molar-refractivity contribution in [1.29, 1.82) is 0 Å². The van der Waals surface area contributed by atoms with Crippen LogP contribution in [-0.4, -0.2) is 71.1 Å². The van der Waals surface area contributed by atoms with Gasteiger partial charge in [0.05, 0.1) is 18.7 Å². The van der Waals surface area contributed by atoms with Crippen LogP contribution in [0.2, 0.25) is 0 Å². The molecule has 0 spiro atoms. The first-order chi connectivity index (χ1) is 22.8. The highest BCUT2D eigenvalue weighted by molar-refractivity contribution is 5.98. The molecule has 2 aromatic carbocycles. The van der Waals surface area contributed by atoms with Gasteiger partial charge in [0.1, 0.15) is 29.3 Å². The second kappa shape index (κ2) is 13.0. The summed E-state index contributed by atoms with van der Waals surface area (Å²) in [7, 11) is 1.71. The number of carboxylic acids is 1. The molecule has 6 rings (SSSR count). The van der Waals surface area contributed by atoms with Crippen molar-refractivity contribution >= 4 is 28.5 Å². The number of fused-ring (bicyclic) bond motifs is 2. The van der Waals surface area contributed by atoms with Crippen LogP contribution in [0.4, 0.5) is 27.6 Å². The summed E-state index contributed by atoms with van der Waals surface area (Å²) in [4.78, 5) is 44.0. The van der Waals surface area contributed by atoms with E-state index in [1.165, 1.54) is 6.20 Å². The van der Waals surface area contributed by atoms with E-state index in [1.54, 1.807) is 35.9 Å². The van der Waals surface area contributed by atoms with Crippen molar-refractivity contribution in [3.05, 3.63) is 93.0 Å². The molecule has 252 valence electrons. The maximum atomic E-state index is 15.2. The summed E-state index contributed by atoms with van der Waals surface area (Å²) < 4.78 is 77.5. The molecular formula is C33H30F5N5O5. The van der Waals surface area contributed by atoms with Crippen LogP contribution in [0.3, 0.4) is 0 Å². The Balaban J connectivity index is 1.29. The van der Waals surface area contributed by atoms with Crippen molar-refractivity contribution in [2.75, 3.05) is 31.2 Å². The van der Waals surface area contributed by atoms with Crippen LogP contribution in [0.5, 0.6) is 0 Å². The normalized spacial score (nSPS) is 17.2. The Labute approximate surface area is 270 Å². The van der Waals surface area contributed by atoms with Crippen LogP contribution >= 0.6 is 0 Å². The van der Waals surface area contributed by atoms with Gasteiger partial charge in [0.15, 0.2) is 0 Å². The van der Waals surface area contributed by atoms with E-state index < -0.39 is 59.6 Å². The summed E-state index contributed by atoms with van der Waals surface area (Å²) in [5.41, 5.74) is 1.88. The summed E-state index contributed by atoms with van der Waals surface area (Å²) in [6.07, 6.45) is -2.84. The van der Waals surface area contributed by atoms with Gasteiger partial charge in [-0.25, -0.2) is 13.6 Å². The number of aliphatic carboxylic acids is 1.